The van der Waals surface area contributed by atoms with E-state index in [-0.39, 0.29) is 6.04 Å². The first-order valence-corrected chi connectivity index (χ1v) is 6.53. The molecular weight excluding hydrogens is 250 g/mol. The van der Waals surface area contributed by atoms with E-state index in [0.29, 0.717) is 18.1 Å². The molecule has 0 saturated heterocycles. The van der Waals surface area contributed by atoms with E-state index in [0.717, 1.165) is 11.3 Å². The smallest absolute Gasteiger partial charge is 0.124 e. The van der Waals surface area contributed by atoms with Gasteiger partial charge in [-0.05, 0) is 46.0 Å². The van der Waals surface area contributed by atoms with Gasteiger partial charge in [0.2, 0.25) is 0 Å². The molecule has 4 heteroatoms. The highest BCUT2D eigenvalue weighted by Gasteiger charge is 2.14. The Labute approximate surface area is 114 Å². The van der Waals surface area contributed by atoms with E-state index in [2.05, 4.69) is 12.2 Å². The van der Waals surface area contributed by atoms with Crippen molar-refractivity contribution >= 4 is 11.6 Å². The van der Waals surface area contributed by atoms with Crippen molar-refractivity contribution in [2.24, 2.45) is 0 Å². The molecular formula is C14H22ClNO2. The average molecular weight is 272 g/mol. The van der Waals surface area contributed by atoms with Crippen molar-refractivity contribution in [1.82, 2.24) is 5.32 Å². The molecule has 1 atom stereocenters. The maximum absolute atomic E-state index is 9.65. The third-order valence-electron chi connectivity index (χ3n) is 2.84. The second-order valence-corrected chi connectivity index (χ2v) is 5.54. The van der Waals surface area contributed by atoms with Crippen LogP contribution < -0.4 is 10.1 Å². The molecule has 0 aliphatic rings. The van der Waals surface area contributed by atoms with Gasteiger partial charge >= 0.3 is 0 Å². The van der Waals surface area contributed by atoms with Crippen LogP contribution in [0.1, 0.15) is 38.8 Å². The van der Waals surface area contributed by atoms with Crippen LogP contribution in [0.5, 0.6) is 5.75 Å². The first-order chi connectivity index (χ1) is 8.33. The predicted octanol–water partition coefficient (Wildman–Crippen LogP) is 3.16. The fourth-order valence-electron chi connectivity index (χ4n) is 1.56. The monoisotopic (exact) mass is 271 g/mol. The highest BCUT2D eigenvalue weighted by atomic mass is 35.5. The van der Waals surface area contributed by atoms with Crippen molar-refractivity contribution in [1.29, 1.82) is 0 Å². The summed E-state index contributed by atoms with van der Waals surface area (Å²) in [5.41, 5.74) is 0.321. The quantitative estimate of drug-likeness (QED) is 0.835. The lowest BCUT2D eigenvalue weighted by atomic mass is 10.1. The molecule has 0 amide bonds. The highest BCUT2D eigenvalue weighted by molar-refractivity contribution is 6.30. The SMILES string of the molecule is CNC(C)c1cc(Cl)ccc1OCCC(C)(C)O. The molecule has 0 aliphatic heterocycles. The van der Waals surface area contributed by atoms with Gasteiger partial charge in [-0.25, -0.2) is 0 Å². The van der Waals surface area contributed by atoms with Gasteiger partial charge in [0.25, 0.3) is 0 Å². The van der Waals surface area contributed by atoms with Gasteiger partial charge in [0, 0.05) is 23.0 Å². The molecule has 1 rings (SSSR count). The average Bonchev–Trinajstić information content (AvgIpc) is 2.28. The Bertz CT molecular complexity index is 388. The number of hydrogen-bond donors (Lipinski definition) is 2. The fourth-order valence-corrected chi connectivity index (χ4v) is 1.74. The van der Waals surface area contributed by atoms with Crippen LogP contribution in [0, 0.1) is 0 Å². The number of nitrogens with one attached hydrogen (secondary N) is 1. The predicted molar refractivity (Wildman–Crippen MR) is 75.3 cm³/mol. The van der Waals surface area contributed by atoms with Gasteiger partial charge in [0.15, 0.2) is 0 Å². The second kappa shape index (κ2) is 6.41. The topological polar surface area (TPSA) is 41.5 Å². The summed E-state index contributed by atoms with van der Waals surface area (Å²) in [6, 6.07) is 5.76. The Hall–Kier alpha value is -0.770. The van der Waals surface area contributed by atoms with Gasteiger partial charge in [-0.2, -0.15) is 0 Å². The number of halogens is 1. The molecule has 3 nitrogen and oxygen atoms in total. The first-order valence-electron chi connectivity index (χ1n) is 6.15. The van der Waals surface area contributed by atoms with E-state index in [1.54, 1.807) is 13.8 Å². The molecule has 1 unspecified atom stereocenters. The summed E-state index contributed by atoms with van der Waals surface area (Å²) < 4.78 is 5.73. The highest BCUT2D eigenvalue weighted by Crippen LogP contribution is 2.28. The molecule has 102 valence electrons. The third-order valence-corrected chi connectivity index (χ3v) is 3.08. The van der Waals surface area contributed by atoms with Crippen LogP contribution in [0.3, 0.4) is 0 Å². The largest absolute Gasteiger partial charge is 0.493 e. The summed E-state index contributed by atoms with van der Waals surface area (Å²) >= 11 is 6.00. The molecule has 0 saturated carbocycles. The van der Waals surface area contributed by atoms with Gasteiger partial charge < -0.3 is 15.2 Å². The third kappa shape index (κ3) is 4.84. The molecule has 1 aromatic rings. The first kappa shape index (κ1) is 15.3. The zero-order valence-corrected chi connectivity index (χ0v) is 12.2. The Morgan fingerprint density at radius 3 is 2.67 bits per heavy atom. The van der Waals surface area contributed by atoms with Gasteiger partial charge in [-0.1, -0.05) is 11.6 Å². The lowest BCUT2D eigenvalue weighted by Crippen LogP contribution is -2.22. The molecule has 0 radical (unpaired) electrons. The molecule has 0 heterocycles. The maximum atomic E-state index is 9.65. The summed E-state index contributed by atoms with van der Waals surface area (Å²) in [6.07, 6.45) is 0.586. The lowest BCUT2D eigenvalue weighted by molar-refractivity contribution is 0.0551. The van der Waals surface area contributed by atoms with Gasteiger partial charge in [-0.15, -0.1) is 0 Å². The normalized spacial score (nSPS) is 13.4. The van der Waals surface area contributed by atoms with Gasteiger partial charge in [0.1, 0.15) is 5.75 Å². The molecule has 18 heavy (non-hydrogen) atoms. The van der Waals surface area contributed by atoms with Crippen molar-refractivity contribution in [3.05, 3.63) is 28.8 Å². The van der Waals surface area contributed by atoms with Crippen LogP contribution in [-0.4, -0.2) is 24.4 Å². The van der Waals surface area contributed by atoms with Crippen LogP contribution in [-0.2, 0) is 0 Å². The van der Waals surface area contributed by atoms with Crippen LogP contribution >= 0.6 is 11.6 Å². The van der Waals surface area contributed by atoms with Crippen molar-refractivity contribution < 1.29 is 9.84 Å². The molecule has 0 aliphatic carbocycles. The Morgan fingerprint density at radius 1 is 1.44 bits per heavy atom. The molecule has 2 N–H and O–H groups in total. The van der Waals surface area contributed by atoms with E-state index < -0.39 is 5.60 Å². The summed E-state index contributed by atoms with van der Waals surface area (Å²) in [5, 5.41) is 13.5. The number of hydrogen-bond acceptors (Lipinski definition) is 3. The number of ether oxygens (including phenoxy) is 1. The molecule has 0 fully saturated rings. The molecule has 0 bridgehead atoms. The van der Waals surface area contributed by atoms with Crippen LogP contribution in [0.4, 0.5) is 0 Å². The van der Waals surface area contributed by atoms with E-state index >= 15 is 0 Å². The van der Waals surface area contributed by atoms with Crippen molar-refractivity contribution in [3.8, 4) is 5.75 Å². The van der Waals surface area contributed by atoms with Gasteiger partial charge in [0.05, 0.1) is 12.2 Å². The van der Waals surface area contributed by atoms with Crippen LogP contribution in [0.25, 0.3) is 0 Å². The zero-order chi connectivity index (χ0) is 13.8. The Balaban J connectivity index is 2.75. The number of rotatable bonds is 6. The standard InChI is InChI=1S/C14H22ClNO2/c1-10(16-4)12-9-11(15)5-6-13(12)18-8-7-14(2,3)17/h5-6,9-10,16-17H,7-8H2,1-4H3. The number of aliphatic hydroxyl groups is 1. The maximum Gasteiger partial charge on any atom is 0.124 e. The fraction of sp³-hybridized carbons (Fsp3) is 0.571. The van der Waals surface area contributed by atoms with E-state index in [1.807, 2.05) is 25.2 Å². The van der Waals surface area contributed by atoms with E-state index in [9.17, 15) is 5.11 Å². The summed E-state index contributed by atoms with van der Waals surface area (Å²) in [4.78, 5) is 0. The second-order valence-electron chi connectivity index (χ2n) is 5.10. The van der Waals surface area contributed by atoms with E-state index in [4.69, 9.17) is 16.3 Å². The van der Waals surface area contributed by atoms with E-state index in [1.165, 1.54) is 0 Å². The molecule has 0 aromatic heterocycles. The van der Waals surface area contributed by atoms with Crippen LogP contribution in [0.15, 0.2) is 18.2 Å². The number of benzene rings is 1. The minimum absolute atomic E-state index is 0.167. The van der Waals surface area contributed by atoms with Crippen LogP contribution in [0.2, 0.25) is 5.02 Å². The Kier molecular flexibility index (Phi) is 5.45. The van der Waals surface area contributed by atoms with Crippen molar-refractivity contribution in [2.75, 3.05) is 13.7 Å². The minimum Gasteiger partial charge on any atom is -0.493 e. The minimum atomic E-state index is -0.707. The summed E-state index contributed by atoms with van der Waals surface area (Å²) in [5.74, 6) is 0.811. The zero-order valence-electron chi connectivity index (χ0n) is 11.5. The molecule has 0 spiro atoms. The van der Waals surface area contributed by atoms with Gasteiger partial charge in [-0.3, -0.25) is 0 Å². The Morgan fingerprint density at radius 2 is 2.11 bits per heavy atom. The van der Waals surface area contributed by atoms with Crippen molar-refractivity contribution in [3.63, 3.8) is 0 Å². The summed E-state index contributed by atoms with van der Waals surface area (Å²) in [6.45, 7) is 6.08. The van der Waals surface area contributed by atoms with Crippen molar-refractivity contribution in [2.45, 2.75) is 38.8 Å². The summed E-state index contributed by atoms with van der Waals surface area (Å²) in [7, 11) is 1.90. The lowest BCUT2D eigenvalue weighted by Gasteiger charge is -2.20. The molecule has 1 aromatic carbocycles.